The molecular formula is C25H24N2O4. The Kier molecular flexibility index (Phi) is 4.03. The molecule has 6 nitrogen and oxygen atoms in total. The second-order valence-corrected chi connectivity index (χ2v) is 8.78. The number of hydrogen-bond acceptors (Lipinski definition) is 6. The lowest BCUT2D eigenvalue weighted by atomic mass is 9.74. The Hall–Kier alpha value is -2.80. The minimum atomic E-state index is -1.43. The number of nitrogens with zero attached hydrogens (tertiary/aromatic N) is 1. The van der Waals surface area contributed by atoms with Crippen molar-refractivity contribution in [3.8, 4) is 0 Å². The van der Waals surface area contributed by atoms with Gasteiger partial charge in [-0.3, -0.25) is 9.59 Å². The second-order valence-electron chi connectivity index (χ2n) is 8.78. The number of carbonyl (C=O) groups is 2. The van der Waals surface area contributed by atoms with Crippen LogP contribution in [0.15, 0.2) is 54.6 Å². The van der Waals surface area contributed by atoms with Crippen LogP contribution in [0, 0.1) is 11.8 Å². The van der Waals surface area contributed by atoms with Gasteiger partial charge in [0, 0.05) is 17.2 Å². The fraction of sp³-hybridized carbons (Fsp3) is 0.360. The van der Waals surface area contributed by atoms with Crippen molar-refractivity contribution in [2.45, 2.75) is 37.4 Å². The number of aryl methyl sites for hydroxylation is 1. The van der Waals surface area contributed by atoms with Gasteiger partial charge in [0.2, 0.25) is 12.1 Å². The molecule has 6 heteroatoms. The van der Waals surface area contributed by atoms with Crippen LogP contribution < -0.4 is 10.6 Å². The van der Waals surface area contributed by atoms with Gasteiger partial charge >= 0.3 is 0 Å². The van der Waals surface area contributed by atoms with Crippen molar-refractivity contribution in [3.05, 3.63) is 71.3 Å². The number of ether oxygens (including phenoxy) is 2. The van der Waals surface area contributed by atoms with Crippen molar-refractivity contribution in [1.29, 1.82) is 0 Å². The molecule has 6 atom stereocenters. The molecule has 158 valence electrons. The summed E-state index contributed by atoms with van der Waals surface area (Å²) in [5, 5.41) is 0. The van der Waals surface area contributed by atoms with Gasteiger partial charge in [0.05, 0.1) is 24.7 Å². The van der Waals surface area contributed by atoms with Crippen LogP contribution in [0.25, 0.3) is 6.08 Å². The molecule has 4 aliphatic rings. The molecule has 2 N–H and O–H groups in total. The first-order valence-corrected chi connectivity index (χ1v) is 10.8. The van der Waals surface area contributed by atoms with Crippen molar-refractivity contribution in [3.63, 3.8) is 0 Å². The summed E-state index contributed by atoms with van der Waals surface area (Å²) in [6.45, 7) is 2.34. The number of carbonyl (C=O) groups excluding carboxylic acids is 2. The quantitative estimate of drug-likeness (QED) is 0.775. The predicted octanol–water partition coefficient (Wildman–Crippen LogP) is 2.56. The van der Waals surface area contributed by atoms with Crippen LogP contribution >= 0.6 is 0 Å². The largest absolute Gasteiger partial charge is 0.343 e. The van der Waals surface area contributed by atoms with Gasteiger partial charge in [-0.2, -0.15) is 0 Å². The molecule has 31 heavy (non-hydrogen) atoms. The summed E-state index contributed by atoms with van der Waals surface area (Å²) in [4.78, 5) is 29.3. The van der Waals surface area contributed by atoms with E-state index in [1.54, 1.807) is 0 Å². The van der Waals surface area contributed by atoms with Crippen LogP contribution in [0.1, 0.15) is 28.4 Å². The van der Waals surface area contributed by atoms with Crippen molar-refractivity contribution < 1.29 is 19.1 Å². The lowest BCUT2D eigenvalue weighted by Crippen LogP contribution is -2.66. The molecule has 0 saturated carbocycles. The molecule has 0 amide bonds. The van der Waals surface area contributed by atoms with E-state index in [1.165, 1.54) is 0 Å². The molecule has 3 fully saturated rings. The maximum atomic E-state index is 14.1. The molecule has 2 unspecified atom stereocenters. The summed E-state index contributed by atoms with van der Waals surface area (Å²) < 4.78 is 11.5. The number of nitrogens with two attached hydrogens (primary N) is 1. The number of hydrogen-bond donors (Lipinski definition) is 1. The topological polar surface area (TPSA) is 81.9 Å². The third-order valence-electron chi connectivity index (χ3n) is 7.29. The molecule has 3 saturated heterocycles. The van der Waals surface area contributed by atoms with Gasteiger partial charge in [0.25, 0.3) is 0 Å². The molecule has 4 aliphatic heterocycles. The molecule has 4 heterocycles. The summed E-state index contributed by atoms with van der Waals surface area (Å²) in [6, 6.07) is 15.1. The summed E-state index contributed by atoms with van der Waals surface area (Å²) in [7, 11) is 0. The number of anilines is 1. The standard InChI is InChI=1S/C25H24N2O4/c1-2-14-7-9-16(10-8-14)23(29)25(26)21-19-13-30-24(31-19)22(28)20(21)18-12-11-15-5-3-4-6-17(15)27(18)25/h3-12,18-21,24H,2,13,26H2,1H3/t18-,19?,20-,21+,24?,25+/m1/s1. The van der Waals surface area contributed by atoms with E-state index < -0.39 is 29.9 Å². The lowest BCUT2D eigenvalue weighted by molar-refractivity contribution is -0.165. The minimum Gasteiger partial charge on any atom is -0.343 e. The average molecular weight is 416 g/mol. The Labute approximate surface area is 180 Å². The van der Waals surface area contributed by atoms with Gasteiger partial charge in [-0.05, 0) is 23.6 Å². The number of fused-ring (bicyclic) bond motifs is 8. The summed E-state index contributed by atoms with van der Waals surface area (Å²) in [5.41, 5.74) is 9.25. The zero-order chi connectivity index (χ0) is 21.3. The highest BCUT2D eigenvalue weighted by atomic mass is 16.7. The smallest absolute Gasteiger partial charge is 0.218 e. The summed E-state index contributed by atoms with van der Waals surface area (Å²) >= 11 is 0. The Morgan fingerprint density at radius 3 is 2.74 bits per heavy atom. The summed E-state index contributed by atoms with van der Waals surface area (Å²) in [5.74, 6) is -1.28. The first kappa shape index (κ1) is 18.9. The van der Waals surface area contributed by atoms with Crippen LogP contribution in [0.5, 0.6) is 0 Å². The Morgan fingerprint density at radius 1 is 1.19 bits per heavy atom. The molecule has 2 bridgehead atoms. The number of Topliss-reactive ketones (excluding diaryl/α,β-unsaturated/α-hetero) is 2. The van der Waals surface area contributed by atoms with E-state index in [0.717, 1.165) is 23.2 Å². The average Bonchev–Trinajstić information content (AvgIpc) is 3.36. The van der Waals surface area contributed by atoms with E-state index in [4.69, 9.17) is 15.2 Å². The molecule has 2 aromatic rings. The highest BCUT2D eigenvalue weighted by Crippen LogP contribution is 2.54. The van der Waals surface area contributed by atoms with Crippen LogP contribution in [0.2, 0.25) is 0 Å². The third-order valence-corrected chi connectivity index (χ3v) is 7.29. The van der Waals surface area contributed by atoms with Crippen molar-refractivity contribution in [2.24, 2.45) is 17.6 Å². The minimum absolute atomic E-state index is 0.126. The van der Waals surface area contributed by atoms with Crippen LogP contribution in [-0.4, -0.2) is 42.3 Å². The van der Waals surface area contributed by atoms with E-state index in [0.29, 0.717) is 5.56 Å². The van der Waals surface area contributed by atoms with Crippen molar-refractivity contribution in [1.82, 2.24) is 0 Å². The summed E-state index contributed by atoms with van der Waals surface area (Å²) in [6.07, 6.45) is 3.65. The van der Waals surface area contributed by atoms with E-state index in [2.05, 4.69) is 6.92 Å². The highest BCUT2D eigenvalue weighted by Gasteiger charge is 2.69. The first-order valence-electron chi connectivity index (χ1n) is 10.8. The predicted molar refractivity (Wildman–Crippen MR) is 115 cm³/mol. The molecule has 0 aliphatic carbocycles. The maximum absolute atomic E-state index is 14.1. The van der Waals surface area contributed by atoms with E-state index in [1.807, 2.05) is 65.6 Å². The zero-order valence-corrected chi connectivity index (χ0v) is 17.2. The van der Waals surface area contributed by atoms with Crippen LogP contribution in [-0.2, 0) is 20.7 Å². The van der Waals surface area contributed by atoms with Crippen LogP contribution in [0.3, 0.4) is 0 Å². The Bertz CT molecular complexity index is 1110. The molecule has 6 rings (SSSR count). The van der Waals surface area contributed by atoms with E-state index in [-0.39, 0.29) is 24.2 Å². The van der Waals surface area contributed by atoms with E-state index in [9.17, 15) is 9.59 Å². The molecule has 0 spiro atoms. The highest BCUT2D eigenvalue weighted by molar-refractivity contribution is 6.08. The van der Waals surface area contributed by atoms with Gasteiger partial charge in [-0.25, -0.2) is 0 Å². The van der Waals surface area contributed by atoms with Crippen molar-refractivity contribution >= 4 is 23.3 Å². The normalized spacial score (nSPS) is 35.0. The third kappa shape index (κ3) is 2.44. The Morgan fingerprint density at radius 2 is 1.97 bits per heavy atom. The van der Waals surface area contributed by atoms with Gasteiger partial charge in [0.15, 0.2) is 11.4 Å². The SMILES string of the molecule is CCc1ccc(C(=O)[C@]2(N)[C@H]3C4COC(O4)C(=O)[C@@H]3[C@H]3C=Cc4ccccc4N32)cc1. The second kappa shape index (κ2) is 6.60. The van der Waals surface area contributed by atoms with Gasteiger partial charge in [0.1, 0.15) is 0 Å². The Balaban J connectivity index is 1.54. The van der Waals surface area contributed by atoms with Gasteiger partial charge < -0.3 is 20.1 Å². The molecule has 0 radical (unpaired) electrons. The number of rotatable bonds is 3. The molecule has 2 aromatic carbocycles. The van der Waals surface area contributed by atoms with E-state index >= 15 is 0 Å². The van der Waals surface area contributed by atoms with Crippen molar-refractivity contribution in [2.75, 3.05) is 11.5 Å². The van der Waals surface area contributed by atoms with Gasteiger partial charge in [-0.1, -0.05) is 61.5 Å². The number of para-hydroxylation sites is 1. The fourth-order valence-electron chi connectivity index (χ4n) is 5.83. The maximum Gasteiger partial charge on any atom is 0.218 e. The van der Waals surface area contributed by atoms with Gasteiger partial charge in [-0.15, -0.1) is 0 Å². The lowest BCUT2D eigenvalue weighted by Gasteiger charge is -2.43. The monoisotopic (exact) mass is 416 g/mol. The molecule has 0 aromatic heterocycles. The fourth-order valence-corrected chi connectivity index (χ4v) is 5.83. The number of benzene rings is 2. The zero-order valence-electron chi connectivity index (χ0n) is 17.2. The molecular weight excluding hydrogens is 392 g/mol. The first-order chi connectivity index (χ1) is 15.0. The van der Waals surface area contributed by atoms with Crippen LogP contribution in [0.4, 0.5) is 5.69 Å². The number of ketones is 2.